The van der Waals surface area contributed by atoms with Gasteiger partial charge in [-0.25, -0.2) is 4.79 Å². The molecule has 2 rings (SSSR count). The van der Waals surface area contributed by atoms with Crippen molar-refractivity contribution in [3.05, 3.63) is 0 Å². The Kier molecular flexibility index (Phi) is 6.84. The summed E-state index contributed by atoms with van der Waals surface area (Å²) in [4.78, 5) is 11.5. The summed E-state index contributed by atoms with van der Waals surface area (Å²) in [5.74, 6) is -0.766. The van der Waals surface area contributed by atoms with Gasteiger partial charge in [0.1, 0.15) is 6.61 Å². The topological polar surface area (TPSA) is 130 Å². The molecular formula is C16H26F2O8S. The van der Waals surface area contributed by atoms with Gasteiger partial charge in [0.05, 0.1) is 11.7 Å². The number of carbonyl (C=O) groups is 1. The molecule has 158 valence electrons. The smallest absolute Gasteiger partial charge is 0.426 e. The van der Waals surface area contributed by atoms with Crippen LogP contribution in [0.15, 0.2) is 0 Å². The molecule has 3 N–H and O–H groups in total. The maximum absolute atomic E-state index is 13.1. The van der Waals surface area contributed by atoms with Gasteiger partial charge in [-0.15, -0.1) is 0 Å². The molecular weight excluding hydrogens is 390 g/mol. The number of ether oxygens (including phenoxy) is 2. The molecule has 2 fully saturated rings. The number of hydrogen-bond acceptors (Lipinski definition) is 7. The summed E-state index contributed by atoms with van der Waals surface area (Å²) in [5.41, 5.74) is -0.656. The minimum atomic E-state index is -5.93. The standard InChI is InChI=1S/C16H26F2O8S/c1-15(21)8-2-3-12(15)10-4-6-11(7-5-10)25-9-13(19)26-14(20)16(17,18)27(22,23)24/h10-12,14,20-21H,2-9H2,1H3,(H,22,23,24). The SMILES string of the molecule is CC1(O)CCCC1C1CCC(OCC(=O)OC(O)C(F)(F)S(=O)(=O)O)CC1. The van der Waals surface area contributed by atoms with E-state index in [0.717, 1.165) is 32.1 Å². The van der Waals surface area contributed by atoms with E-state index < -0.39 is 39.8 Å². The van der Waals surface area contributed by atoms with Crippen LogP contribution < -0.4 is 0 Å². The van der Waals surface area contributed by atoms with Gasteiger partial charge >= 0.3 is 21.3 Å². The largest absolute Gasteiger partial charge is 0.430 e. The summed E-state index contributed by atoms with van der Waals surface area (Å²) >= 11 is 0. The Balaban J connectivity index is 1.74. The van der Waals surface area contributed by atoms with Gasteiger partial charge in [0.2, 0.25) is 0 Å². The minimum Gasteiger partial charge on any atom is -0.426 e. The molecule has 8 nitrogen and oxygen atoms in total. The van der Waals surface area contributed by atoms with E-state index in [2.05, 4.69) is 4.74 Å². The van der Waals surface area contributed by atoms with E-state index in [4.69, 9.17) is 14.4 Å². The molecule has 2 aliphatic rings. The van der Waals surface area contributed by atoms with Crippen molar-refractivity contribution in [2.45, 2.75) is 75.1 Å². The van der Waals surface area contributed by atoms with E-state index in [1.165, 1.54) is 0 Å². The molecule has 0 spiro atoms. The first kappa shape index (κ1) is 22.4. The Hall–Kier alpha value is -0.880. The van der Waals surface area contributed by atoms with E-state index in [-0.39, 0.29) is 12.0 Å². The third-order valence-electron chi connectivity index (χ3n) is 5.60. The van der Waals surface area contributed by atoms with Crippen molar-refractivity contribution in [3.8, 4) is 0 Å². The van der Waals surface area contributed by atoms with Gasteiger partial charge < -0.3 is 19.7 Å². The molecule has 0 bridgehead atoms. The number of rotatable bonds is 7. The van der Waals surface area contributed by atoms with Gasteiger partial charge in [0.15, 0.2) is 0 Å². The van der Waals surface area contributed by atoms with Crippen LogP contribution in [0.4, 0.5) is 8.78 Å². The van der Waals surface area contributed by atoms with Crippen LogP contribution in [0, 0.1) is 11.8 Å². The lowest BCUT2D eigenvalue weighted by atomic mass is 9.73. The summed E-state index contributed by atoms with van der Waals surface area (Å²) in [6.45, 7) is 1.13. The molecule has 2 saturated carbocycles. The van der Waals surface area contributed by atoms with Crippen molar-refractivity contribution in [1.82, 2.24) is 0 Å². The number of aliphatic hydroxyl groups is 2. The number of hydrogen-bond donors (Lipinski definition) is 3. The van der Waals surface area contributed by atoms with Crippen LogP contribution in [-0.4, -0.2) is 59.0 Å². The molecule has 2 aliphatic carbocycles. The van der Waals surface area contributed by atoms with Crippen molar-refractivity contribution >= 4 is 16.1 Å². The number of aliphatic hydroxyl groups excluding tert-OH is 1. The molecule has 0 radical (unpaired) electrons. The summed E-state index contributed by atoms with van der Waals surface area (Å²) in [7, 11) is -5.93. The highest BCUT2D eigenvalue weighted by Gasteiger charge is 2.54. The monoisotopic (exact) mass is 416 g/mol. The van der Waals surface area contributed by atoms with Gasteiger partial charge in [0, 0.05) is 0 Å². The molecule has 0 aromatic carbocycles. The highest BCUT2D eigenvalue weighted by atomic mass is 32.2. The average Bonchev–Trinajstić information content (AvgIpc) is 2.91. The summed E-state index contributed by atoms with van der Waals surface area (Å²) in [6, 6.07) is 0. The van der Waals surface area contributed by atoms with Crippen LogP contribution in [0.2, 0.25) is 0 Å². The summed E-state index contributed by atoms with van der Waals surface area (Å²) in [5, 5.41) is 14.4. The number of halogens is 2. The second kappa shape index (κ2) is 8.24. The molecule has 11 heteroatoms. The zero-order chi connectivity index (χ0) is 20.5. The second-order valence-corrected chi connectivity index (χ2v) is 9.08. The first-order valence-electron chi connectivity index (χ1n) is 8.91. The highest BCUT2D eigenvalue weighted by Crippen LogP contribution is 2.45. The third kappa shape index (κ3) is 5.35. The van der Waals surface area contributed by atoms with Crippen molar-refractivity contribution in [2.24, 2.45) is 11.8 Å². The Labute approximate surface area is 156 Å². The summed E-state index contributed by atoms with van der Waals surface area (Å²) in [6.07, 6.45) is 2.03. The van der Waals surface area contributed by atoms with Crippen molar-refractivity contribution in [2.75, 3.05) is 6.61 Å². The first-order chi connectivity index (χ1) is 12.3. The quantitative estimate of drug-likeness (QED) is 0.323. The van der Waals surface area contributed by atoms with E-state index in [1.54, 1.807) is 0 Å². The maximum atomic E-state index is 13.1. The van der Waals surface area contributed by atoms with Gasteiger partial charge in [-0.3, -0.25) is 4.55 Å². The van der Waals surface area contributed by atoms with Crippen molar-refractivity contribution in [3.63, 3.8) is 0 Å². The Morgan fingerprint density at radius 1 is 1.26 bits per heavy atom. The van der Waals surface area contributed by atoms with Crippen LogP contribution in [0.25, 0.3) is 0 Å². The maximum Gasteiger partial charge on any atom is 0.430 e. The Morgan fingerprint density at radius 2 is 1.85 bits per heavy atom. The summed E-state index contributed by atoms with van der Waals surface area (Å²) < 4.78 is 64.7. The van der Waals surface area contributed by atoms with Crippen molar-refractivity contribution in [1.29, 1.82) is 0 Å². The van der Waals surface area contributed by atoms with E-state index in [0.29, 0.717) is 18.8 Å². The molecule has 0 saturated heterocycles. The molecule has 3 atom stereocenters. The van der Waals surface area contributed by atoms with Gasteiger partial charge in [-0.1, -0.05) is 6.42 Å². The van der Waals surface area contributed by atoms with Gasteiger partial charge in [-0.05, 0) is 57.3 Å². The first-order valence-corrected chi connectivity index (χ1v) is 10.3. The molecule has 0 aliphatic heterocycles. The van der Waals surface area contributed by atoms with Crippen molar-refractivity contribution < 1.29 is 46.2 Å². The van der Waals surface area contributed by atoms with E-state index in [1.807, 2.05) is 6.92 Å². The van der Waals surface area contributed by atoms with Crippen LogP contribution in [0.5, 0.6) is 0 Å². The van der Waals surface area contributed by atoms with Gasteiger partial charge in [0.25, 0.3) is 6.29 Å². The predicted molar refractivity (Wildman–Crippen MR) is 88.3 cm³/mol. The number of carbonyl (C=O) groups excluding carboxylic acids is 1. The van der Waals surface area contributed by atoms with Gasteiger partial charge in [-0.2, -0.15) is 17.2 Å². The molecule has 0 heterocycles. The lowest BCUT2D eigenvalue weighted by Gasteiger charge is -2.37. The second-order valence-electron chi connectivity index (χ2n) is 7.58. The number of esters is 1. The fourth-order valence-electron chi connectivity index (χ4n) is 4.12. The Morgan fingerprint density at radius 3 is 2.33 bits per heavy atom. The molecule has 0 aromatic heterocycles. The molecule has 0 aromatic rings. The zero-order valence-electron chi connectivity index (χ0n) is 15.0. The minimum absolute atomic E-state index is 0.237. The zero-order valence-corrected chi connectivity index (χ0v) is 15.8. The fourth-order valence-corrected chi connectivity index (χ4v) is 4.42. The highest BCUT2D eigenvalue weighted by molar-refractivity contribution is 7.86. The number of alkyl halides is 2. The molecule has 0 amide bonds. The molecule has 3 unspecified atom stereocenters. The van der Waals surface area contributed by atoms with Crippen LogP contribution in [0.3, 0.4) is 0 Å². The van der Waals surface area contributed by atoms with Crippen LogP contribution in [-0.2, 0) is 24.4 Å². The predicted octanol–water partition coefficient (Wildman–Crippen LogP) is 1.46. The average molecular weight is 416 g/mol. The lowest BCUT2D eigenvalue weighted by Crippen LogP contribution is -2.44. The Bertz CT molecular complexity index is 628. The van der Waals surface area contributed by atoms with Crippen LogP contribution >= 0.6 is 0 Å². The van der Waals surface area contributed by atoms with E-state index >= 15 is 0 Å². The third-order valence-corrected chi connectivity index (χ3v) is 6.49. The fraction of sp³-hybridized carbons (Fsp3) is 0.938. The van der Waals surface area contributed by atoms with Crippen LogP contribution in [0.1, 0.15) is 51.9 Å². The lowest BCUT2D eigenvalue weighted by molar-refractivity contribution is -0.210. The van der Waals surface area contributed by atoms with E-state index in [9.17, 15) is 27.1 Å². The normalized spacial score (nSPS) is 33.6. The molecule has 27 heavy (non-hydrogen) atoms.